The van der Waals surface area contributed by atoms with E-state index in [4.69, 9.17) is 15.2 Å². The van der Waals surface area contributed by atoms with E-state index in [2.05, 4.69) is 4.98 Å². The Hall–Kier alpha value is -2.40. The molecule has 20 heavy (non-hydrogen) atoms. The lowest BCUT2D eigenvalue weighted by Crippen LogP contribution is -2.07. The Morgan fingerprint density at radius 1 is 1.20 bits per heavy atom. The normalized spacial score (nSPS) is 10.2. The summed E-state index contributed by atoms with van der Waals surface area (Å²) in [6.45, 7) is 0.293. The number of aromatic nitrogens is 1. The van der Waals surface area contributed by atoms with Gasteiger partial charge in [0.05, 0.1) is 25.5 Å². The van der Waals surface area contributed by atoms with Crippen LogP contribution in [0.2, 0.25) is 0 Å². The highest BCUT2D eigenvalue weighted by Crippen LogP contribution is 2.26. The molecule has 0 spiro atoms. The number of ketones is 1. The van der Waals surface area contributed by atoms with Gasteiger partial charge in [-0.25, -0.2) is 0 Å². The van der Waals surface area contributed by atoms with Gasteiger partial charge in [0.25, 0.3) is 0 Å². The van der Waals surface area contributed by atoms with Crippen molar-refractivity contribution in [2.45, 2.75) is 6.54 Å². The second kappa shape index (κ2) is 6.16. The highest BCUT2D eigenvalue weighted by atomic mass is 16.5. The molecule has 0 unspecified atom stereocenters. The van der Waals surface area contributed by atoms with Gasteiger partial charge in [0, 0.05) is 24.4 Å². The van der Waals surface area contributed by atoms with Crippen LogP contribution in [0, 0.1) is 0 Å². The van der Waals surface area contributed by atoms with Crippen LogP contribution in [0.5, 0.6) is 11.5 Å². The van der Waals surface area contributed by atoms with Crippen molar-refractivity contribution in [2.24, 2.45) is 5.73 Å². The van der Waals surface area contributed by atoms with Crippen LogP contribution in [0.3, 0.4) is 0 Å². The third-order valence-electron chi connectivity index (χ3n) is 2.94. The van der Waals surface area contributed by atoms with Gasteiger partial charge in [-0.1, -0.05) is 0 Å². The molecule has 5 nitrogen and oxygen atoms in total. The first-order chi connectivity index (χ1) is 9.69. The average molecular weight is 272 g/mol. The molecular formula is C15H16N2O3. The summed E-state index contributed by atoms with van der Waals surface area (Å²) in [4.78, 5) is 16.6. The number of benzene rings is 1. The van der Waals surface area contributed by atoms with Crippen LogP contribution >= 0.6 is 0 Å². The van der Waals surface area contributed by atoms with Gasteiger partial charge in [0.1, 0.15) is 11.5 Å². The number of methoxy groups -OCH3 is 2. The predicted octanol–water partition coefficient (Wildman–Crippen LogP) is 1.79. The molecule has 104 valence electrons. The summed E-state index contributed by atoms with van der Waals surface area (Å²) in [5, 5.41) is 0. The monoisotopic (exact) mass is 272 g/mol. The quantitative estimate of drug-likeness (QED) is 0.840. The molecule has 1 aromatic heterocycles. The van der Waals surface area contributed by atoms with E-state index in [9.17, 15) is 4.79 Å². The molecule has 0 radical (unpaired) electrons. The number of ether oxygens (including phenoxy) is 2. The van der Waals surface area contributed by atoms with Crippen LogP contribution in [-0.4, -0.2) is 25.0 Å². The predicted molar refractivity (Wildman–Crippen MR) is 75.1 cm³/mol. The van der Waals surface area contributed by atoms with Gasteiger partial charge in [-0.15, -0.1) is 0 Å². The maximum atomic E-state index is 12.5. The van der Waals surface area contributed by atoms with E-state index < -0.39 is 0 Å². The highest BCUT2D eigenvalue weighted by Gasteiger charge is 2.15. The SMILES string of the molecule is COc1ccc(C(=O)c2ccnc(CN)c2)c(OC)c1. The van der Waals surface area contributed by atoms with Gasteiger partial charge in [-0.3, -0.25) is 9.78 Å². The zero-order chi connectivity index (χ0) is 14.5. The summed E-state index contributed by atoms with van der Waals surface area (Å²) in [6.07, 6.45) is 1.57. The molecule has 0 saturated heterocycles. The van der Waals surface area contributed by atoms with Crippen LogP contribution in [0.15, 0.2) is 36.5 Å². The molecular weight excluding hydrogens is 256 g/mol. The molecule has 0 amide bonds. The van der Waals surface area contributed by atoms with E-state index in [0.717, 1.165) is 0 Å². The molecule has 1 heterocycles. The molecule has 2 N–H and O–H groups in total. The zero-order valence-electron chi connectivity index (χ0n) is 11.4. The Morgan fingerprint density at radius 3 is 2.65 bits per heavy atom. The molecule has 0 fully saturated rings. The van der Waals surface area contributed by atoms with Crippen LogP contribution < -0.4 is 15.2 Å². The van der Waals surface area contributed by atoms with E-state index >= 15 is 0 Å². The van der Waals surface area contributed by atoms with Crippen molar-refractivity contribution in [1.82, 2.24) is 4.98 Å². The molecule has 1 aromatic carbocycles. The van der Waals surface area contributed by atoms with Gasteiger partial charge >= 0.3 is 0 Å². The molecule has 0 saturated carbocycles. The Balaban J connectivity index is 2.42. The zero-order valence-corrected chi connectivity index (χ0v) is 11.4. The van der Waals surface area contributed by atoms with E-state index in [0.29, 0.717) is 34.9 Å². The summed E-state index contributed by atoms with van der Waals surface area (Å²) in [6, 6.07) is 8.43. The van der Waals surface area contributed by atoms with E-state index in [1.54, 1.807) is 43.6 Å². The van der Waals surface area contributed by atoms with E-state index in [-0.39, 0.29) is 5.78 Å². The first-order valence-corrected chi connectivity index (χ1v) is 6.11. The van der Waals surface area contributed by atoms with Crippen LogP contribution in [0.25, 0.3) is 0 Å². The Morgan fingerprint density at radius 2 is 2.00 bits per heavy atom. The lowest BCUT2D eigenvalue weighted by Gasteiger charge is -2.10. The first kappa shape index (κ1) is 14.0. The Labute approximate surface area is 117 Å². The number of hydrogen-bond donors (Lipinski definition) is 1. The number of hydrogen-bond acceptors (Lipinski definition) is 5. The van der Waals surface area contributed by atoms with Crippen molar-refractivity contribution in [3.05, 3.63) is 53.3 Å². The Bertz CT molecular complexity index is 626. The second-order valence-corrected chi connectivity index (χ2v) is 4.14. The summed E-state index contributed by atoms with van der Waals surface area (Å²) < 4.78 is 10.4. The summed E-state index contributed by atoms with van der Waals surface area (Å²) in [7, 11) is 3.08. The van der Waals surface area contributed by atoms with Gasteiger partial charge in [-0.2, -0.15) is 0 Å². The van der Waals surface area contributed by atoms with Crippen LogP contribution in [0.1, 0.15) is 21.6 Å². The van der Waals surface area contributed by atoms with Gasteiger partial charge in [-0.05, 0) is 24.3 Å². The molecule has 0 aliphatic rings. The molecule has 0 bridgehead atoms. The van der Waals surface area contributed by atoms with Gasteiger partial charge < -0.3 is 15.2 Å². The average Bonchev–Trinajstić information content (AvgIpc) is 2.53. The largest absolute Gasteiger partial charge is 0.497 e. The maximum Gasteiger partial charge on any atom is 0.196 e. The molecule has 5 heteroatoms. The lowest BCUT2D eigenvalue weighted by molar-refractivity contribution is 0.103. The summed E-state index contributed by atoms with van der Waals surface area (Å²) in [5.74, 6) is 0.970. The molecule has 0 aliphatic heterocycles. The Kier molecular flexibility index (Phi) is 4.32. The standard InChI is InChI=1S/C15H16N2O3/c1-19-12-3-4-13(14(8-12)20-2)15(18)10-5-6-17-11(7-10)9-16/h3-8H,9,16H2,1-2H3. The third kappa shape index (κ3) is 2.78. The minimum absolute atomic E-state index is 0.137. The fourth-order valence-corrected chi connectivity index (χ4v) is 1.87. The number of carbonyl (C=O) groups excluding carboxylic acids is 1. The molecule has 2 aromatic rings. The fourth-order valence-electron chi connectivity index (χ4n) is 1.87. The highest BCUT2D eigenvalue weighted by molar-refractivity contribution is 6.10. The molecule has 0 aliphatic carbocycles. The van der Waals surface area contributed by atoms with E-state index in [1.807, 2.05) is 0 Å². The van der Waals surface area contributed by atoms with Crippen molar-refractivity contribution >= 4 is 5.78 Å². The fraction of sp³-hybridized carbons (Fsp3) is 0.200. The van der Waals surface area contributed by atoms with Gasteiger partial charge in [0.2, 0.25) is 0 Å². The number of carbonyl (C=O) groups is 1. The number of rotatable bonds is 5. The van der Waals surface area contributed by atoms with Crippen molar-refractivity contribution < 1.29 is 14.3 Å². The maximum absolute atomic E-state index is 12.5. The van der Waals surface area contributed by atoms with E-state index in [1.165, 1.54) is 7.11 Å². The topological polar surface area (TPSA) is 74.4 Å². The smallest absolute Gasteiger partial charge is 0.196 e. The summed E-state index contributed by atoms with van der Waals surface area (Å²) in [5.41, 5.74) is 7.21. The van der Waals surface area contributed by atoms with Crippen LogP contribution in [-0.2, 0) is 6.54 Å². The van der Waals surface area contributed by atoms with Crippen molar-refractivity contribution in [2.75, 3.05) is 14.2 Å². The number of nitrogens with two attached hydrogens (primary N) is 1. The number of pyridine rings is 1. The minimum atomic E-state index is -0.137. The first-order valence-electron chi connectivity index (χ1n) is 6.11. The number of nitrogens with zero attached hydrogens (tertiary/aromatic N) is 1. The lowest BCUT2D eigenvalue weighted by atomic mass is 10.0. The second-order valence-electron chi connectivity index (χ2n) is 4.14. The van der Waals surface area contributed by atoms with Crippen molar-refractivity contribution in [3.8, 4) is 11.5 Å². The third-order valence-corrected chi connectivity index (χ3v) is 2.94. The minimum Gasteiger partial charge on any atom is -0.497 e. The van der Waals surface area contributed by atoms with Crippen LogP contribution in [0.4, 0.5) is 0 Å². The molecule has 0 atom stereocenters. The summed E-state index contributed by atoms with van der Waals surface area (Å²) >= 11 is 0. The molecule has 2 rings (SSSR count). The van der Waals surface area contributed by atoms with Crippen molar-refractivity contribution in [1.29, 1.82) is 0 Å². The van der Waals surface area contributed by atoms with Gasteiger partial charge in [0.15, 0.2) is 5.78 Å². The van der Waals surface area contributed by atoms with Crippen molar-refractivity contribution in [3.63, 3.8) is 0 Å².